The van der Waals surface area contributed by atoms with Crippen LogP contribution in [0.3, 0.4) is 0 Å². The number of benzene rings is 1. The third kappa shape index (κ3) is 4.48. The molecule has 1 saturated heterocycles. The summed E-state index contributed by atoms with van der Waals surface area (Å²) in [6.45, 7) is -4.77. The van der Waals surface area contributed by atoms with Gasteiger partial charge in [0.15, 0.2) is 0 Å². The highest BCUT2D eigenvalue weighted by molar-refractivity contribution is 6.33. The van der Waals surface area contributed by atoms with Crippen molar-refractivity contribution in [2.45, 2.75) is 44.8 Å². The third-order valence-electron chi connectivity index (χ3n) is 5.11. The zero-order chi connectivity index (χ0) is 27.3. The summed E-state index contributed by atoms with van der Waals surface area (Å²) < 4.78 is 66.8. The Kier molecular flexibility index (Phi) is 4.12. The van der Waals surface area contributed by atoms with Crippen LogP contribution in [0.4, 0.5) is 10.3 Å². The van der Waals surface area contributed by atoms with Crippen molar-refractivity contribution in [3.05, 3.63) is 46.5 Å². The second-order valence-corrected chi connectivity index (χ2v) is 7.84. The van der Waals surface area contributed by atoms with Gasteiger partial charge in [0.2, 0.25) is 5.95 Å². The van der Waals surface area contributed by atoms with Gasteiger partial charge in [-0.1, -0.05) is 11.6 Å². The molecule has 9 heteroatoms. The van der Waals surface area contributed by atoms with Crippen LogP contribution in [0.2, 0.25) is 5.02 Å². The van der Waals surface area contributed by atoms with E-state index >= 15 is 4.39 Å². The fourth-order valence-corrected chi connectivity index (χ4v) is 3.74. The predicted molar refractivity (Wildman–Crippen MR) is 117 cm³/mol. The molecule has 0 bridgehead atoms. The van der Waals surface area contributed by atoms with E-state index in [1.165, 1.54) is 19.2 Å². The Labute approximate surface area is 192 Å². The molecule has 1 aliphatic rings. The van der Waals surface area contributed by atoms with Crippen molar-refractivity contribution in [2.24, 2.45) is 0 Å². The van der Waals surface area contributed by atoms with Gasteiger partial charge >= 0.3 is 0 Å². The lowest BCUT2D eigenvalue weighted by Gasteiger charge is -2.28. The highest BCUT2D eigenvalue weighted by Gasteiger charge is 2.25. The molecule has 1 fully saturated rings. The van der Waals surface area contributed by atoms with Crippen LogP contribution in [0.5, 0.6) is 0 Å². The molecule has 164 valence electrons. The first-order valence-electron chi connectivity index (χ1n) is 12.5. The summed E-state index contributed by atoms with van der Waals surface area (Å²) in [7, 11) is 0. The van der Waals surface area contributed by atoms with E-state index in [1.54, 1.807) is 0 Å². The average Bonchev–Trinajstić information content (AvgIpc) is 2.80. The Bertz CT molecular complexity index is 1330. The Morgan fingerprint density at radius 2 is 2.13 bits per heavy atom. The maximum Gasteiger partial charge on any atom is 0.223 e. The first kappa shape index (κ1) is 15.4. The van der Waals surface area contributed by atoms with Gasteiger partial charge in [-0.05, 0) is 45.2 Å². The monoisotopic (exact) mass is 452 g/mol. The molecule has 0 radical (unpaired) electrons. The average molecular weight is 453 g/mol. The van der Waals surface area contributed by atoms with Gasteiger partial charge in [-0.25, -0.2) is 19.3 Å². The highest BCUT2D eigenvalue weighted by atomic mass is 35.5. The predicted octanol–water partition coefficient (Wildman–Crippen LogP) is 3.58. The summed E-state index contributed by atoms with van der Waals surface area (Å²) in [5.74, 6) is -0.662. The molecule has 0 saturated carbocycles. The number of hydrogen-bond acceptors (Lipinski definition) is 7. The molecule has 3 heterocycles. The zero-order valence-electron chi connectivity index (χ0n) is 22.5. The first-order chi connectivity index (χ1) is 17.1. The normalized spacial score (nSPS) is 23.3. The van der Waals surface area contributed by atoms with E-state index in [0.29, 0.717) is 13.0 Å². The van der Waals surface area contributed by atoms with Gasteiger partial charge in [-0.2, -0.15) is 0 Å². The van der Waals surface area contributed by atoms with Gasteiger partial charge in [0.05, 0.1) is 41.3 Å². The summed E-state index contributed by atoms with van der Waals surface area (Å²) in [6, 6.07) is 3.28. The molecule has 0 aliphatic carbocycles. The Balaban J connectivity index is 1.83. The van der Waals surface area contributed by atoms with E-state index in [0.717, 1.165) is 12.1 Å². The fourth-order valence-electron chi connectivity index (χ4n) is 3.54. The van der Waals surface area contributed by atoms with Crippen molar-refractivity contribution in [1.29, 1.82) is 0 Å². The van der Waals surface area contributed by atoms with Crippen molar-refractivity contribution in [3.8, 4) is 11.3 Å². The molecular weight excluding hydrogens is 423 g/mol. The summed E-state index contributed by atoms with van der Waals surface area (Å²) in [5.41, 5.74) is -3.71. The van der Waals surface area contributed by atoms with Crippen LogP contribution < -0.4 is 5.32 Å². The molecule has 3 N–H and O–H groups in total. The number of aryl methyl sites for hydroxylation is 1. The second-order valence-electron chi connectivity index (χ2n) is 7.43. The van der Waals surface area contributed by atoms with Crippen LogP contribution in [0.1, 0.15) is 39.6 Å². The summed E-state index contributed by atoms with van der Waals surface area (Å²) in [6.07, 6.45) is 1.04. The van der Waals surface area contributed by atoms with Gasteiger partial charge < -0.3 is 20.3 Å². The van der Waals surface area contributed by atoms with E-state index in [2.05, 4.69) is 20.3 Å². The number of rotatable bonds is 4. The van der Waals surface area contributed by atoms with Crippen molar-refractivity contribution >= 4 is 28.5 Å². The lowest BCUT2D eigenvalue weighted by atomic mass is 9.94. The maximum absolute atomic E-state index is 15.2. The number of aliphatic hydroxyl groups is 2. The van der Waals surface area contributed by atoms with Crippen molar-refractivity contribution in [2.75, 3.05) is 18.5 Å². The largest absolute Gasteiger partial charge is 0.389 e. The Morgan fingerprint density at radius 1 is 1.32 bits per heavy atom. The lowest BCUT2D eigenvalue weighted by molar-refractivity contribution is -0.0136. The van der Waals surface area contributed by atoms with Gasteiger partial charge in [0.1, 0.15) is 11.3 Å². The van der Waals surface area contributed by atoms with Crippen LogP contribution >= 0.6 is 11.6 Å². The summed E-state index contributed by atoms with van der Waals surface area (Å²) in [5, 5.41) is 24.2. The van der Waals surface area contributed by atoms with Crippen molar-refractivity contribution in [3.63, 3.8) is 0 Å². The lowest BCUT2D eigenvalue weighted by Crippen LogP contribution is -2.42. The number of hydrogen-bond donors (Lipinski definition) is 3. The molecule has 0 amide bonds. The minimum atomic E-state index is -3.33. The maximum atomic E-state index is 15.2. The van der Waals surface area contributed by atoms with Crippen LogP contribution in [0.25, 0.3) is 22.2 Å². The van der Waals surface area contributed by atoms with Gasteiger partial charge in [-0.15, -0.1) is 0 Å². The van der Waals surface area contributed by atoms with Crippen molar-refractivity contribution < 1.29 is 27.6 Å². The fraction of sp³-hybridized carbons (Fsp3) is 0.409. The van der Waals surface area contributed by atoms with Crippen LogP contribution in [-0.4, -0.2) is 50.5 Å². The SMILES string of the molecule is [2H]C([2H])([2H])C(O)(c1cc2cc(-c3nc(N[C@@H]4CCOC[C@H]4O)ncc3Cl)cc(F)c2nc1C)C([2H])([2H])[2H]. The minimum Gasteiger partial charge on any atom is -0.389 e. The van der Waals surface area contributed by atoms with Crippen LogP contribution in [0, 0.1) is 12.7 Å². The molecule has 0 unspecified atom stereocenters. The number of pyridine rings is 1. The minimum absolute atomic E-state index is 0.0339. The zero-order valence-corrected chi connectivity index (χ0v) is 17.2. The van der Waals surface area contributed by atoms with Gasteiger partial charge in [0.25, 0.3) is 0 Å². The van der Waals surface area contributed by atoms with E-state index in [4.69, 9.17) is 24.6 Å². The van der Waals surface area contributed by atoms with E-state index < -0.39 is 36.8 Å². The smallest absolute Gasteiger partial charge is 0.223 e. The quantitative estimate of drug-likeness (QED) is 0.556. The number of ether oxygens (including phenoxy) is 1. The summed E-state index contributed by atoms with van der Waals surface area (Å²) >= 11 is 6.31. The number of aliphatic hydroxyl groups excluding tert-OH is 1. The standard InChI is InChI=1S/C22H24ClFN4O3/c1-11-14(22(2,3)30)7-12-6-13(8-16(24)20(12)26-11)19-15(23)9-25-21(28-19)27-17-4-5-31-10-18(17)29/h6-9,17-18,29-30H,4-5,10H2,1-3H3,(H,25,27,28)/t17-,18-/m1/s1/i2D3,3D3. The molecule has 0 spiro atoms. The molecule has 1 aromatic carbocycles. The molecule has 3 aromatic rings. The Hall–Kier alpha value is -2.39. The molecule has 7 nitrogen and oxygen atoms in total. The van der Waals surface area contributed by atoms with Crippen LogP contribution in [0.15, 0.2) is 24.4 Å². The molecular formula is C22H24ClFN4O3. The van der Waals surface area contributed by atoms with Gasteiger partial charge in [0, 0.05) is 37.0 Å². The number of halogens is 2. The van der Waals surface area contributed by atoms with E-state index in [9.17, 15) is 10.2 Å². The molecule has 1 aliphatic heterocycles. The second kappa shape index (κ2) is 8.27. The Morgan fingerprint density at radius 3 is 2.87 bits per heavy atom. The van der Waals surface area contributed by atoms with E-state index in [-0.39, 0.29) is 51.5 Å². The van der Waals surface area contributed by atoms with E-state index in [1.807, 2.05) is 0 Å². The number of nitrogens with zero attached hydrogens (tertiary/aromatic N) is 3. The molecule has 4 rings (SSSR count). The van der Waals surface area contributed by atoms with Crippen molar-refractivity contribution in [1.82, 2.24) is 15.0 Å². The molecule has 31 heavy (non-hydrogen) atoms. The molecule has 2 aromatic heterocycles. The number of nitrogens with one attached hydrogen (secondary N) is 1. The highest BCUT2D eigenvalue weighted by Crippen LogP contribution is 2.33. The summed E-state index contributed by atoms with van der Waals surface area (Å²) in [4.78, 5) is 12.6. The number of aromatic nitrogens is 3. The number of anilines is 1. The van der Waals surface area contributed by atoms with Crippen LogP contribution in [-0.2, 0) is 10.3 Å². The van der Waals surface area contributed by atoms with Gasteiger partial charge in [-0.3, -0.25) is 0 Å². The number of fused-ring (bicyclic) bond motifs is 1. The first-order valence-corrected chi connectivity index (χ1v) is 9.90. The molecule has 2 atom stereocenters. The third-order valence-corrected chi connectivity index (χ3v) is 5.39. The topological polar surface area (TPSA) is 100 Å².